The molecule has 3 aromatic rings. The summed E-state index contributed by atoms with van der Waals surface area (Å²) in [6.45, 7) is 2.18. The van der Waals surface area contributed by atoms with Crippen molar-refractivity contribution in [2.24, 2.45) is 0 Å². The van der Waals surface area contributed by atoms with Crippen molar-refractivity contribution in [3.05, 3.63) is 68.9 Å². The van der Waals surface area contributed by atoms with Crippen LogP contribution in [0.1, 0.15) is 71.7 Å². The van der Waals surface area contributed by atoms with Crippen molar-refractivity contribution in [3.63, 3.8) is 0 Å². The molecular formula is C29H29Cl2N3O5. The molecule has 2 saturated heterocycles. The van der Waals surface area contributed by atoms with Crippen molar-refractivity contribution in [1.29, 1.82) is 0 Å². The number of ether oxygens (including phenoxy) is 1. The minimum Gasteiger partial charge on any atom is -0.478 e. The van der Waals surface area contributed by atoms with Crippen molar-refractivity contribution in [1.82, 2.24) is 10.1 Å². The van der Waals surface area contributed by atoms with Gasteiger partial charge in [0.25, 0.3) is 0 Å². The molecule has 2 aromatic carbocycles. The second-order valence-corrected chi connectivity index (χ2v) is 11.5. The number of carboxylic acid groups (broad SMARTS) is 1. The van der Waals surface area contributed by atoms with Gasteiger partial charge >= 0.3 is 12.0 Å². The summed E-state index contributed by atoms with van der Waals surface area (Å²) in [7, 11) is 0. The lowest BCUT2D eigenvalue weighted by atomic mass is 9.99. The topological polar surface area (TPSA) is 105 Å². The molecule has 8 nitrogen and oxygen atoms in total. The summed E-state index contributed by atoms with van der Waals surface area (Å²) in [4.78, 5) is 26.6. The molecule has 6 rings (SSSR count). The van der Waals surface area contributed by atoms with Gasteiger partial charge in [-0.15, -0.1) is 0 Å². The average molecular weight is 570 g/mol. The van der Waals surface area contributed by atoms with Crippen LogP contribution in [-0.2, 0) is 11.3 Å². The van der Waals surface area contributed by atoms with Crippen LogP contribution in [0.4, 0.5) is 10.5 Å². The number of carbonyl (C=O) groups excluding carboxylic acids is 1. The number of hydrogen-bond donors (Lipinski definition) is 2. The number of aryl methyl sites for hydroxylation is 1. The predicted molar refractivity (Wildman–Crippen MR) is 148 cm³/mol. The molecule has 3 atom stereocenters. The van der Waals surface area contributed by atoms with Gasteiger partial charge in [0, 0.05) is 34.8 Å². The number of fused-ring (bicyclic) bond motifs is 2. The molecule has 2 bridgehead atoms. The average Bonchev–Trinajstić information content (AvgIpc) is 3.60. The lowest BCUT2D eigenvalue weighted by Crippen LogP contribution is -2.50. The van der Waals surface area contributed by atoms with Crippen LogP contribution in [-0.4, -0.2) is 45.4 Å². The molecule has 1 aliphatic carbocycles. The van der Waals surface area contributed by atoms with Crippen LogP contribution in [0.3, 0.4) is 0 Å². The van der Waals surface area contributed by atoms with Crippen LogP contribution >= 0.6 is 23.2 Å². The van der Waals surface area contributed by atoms with Crippen LogP contribution in [0, 0.1) is 6.92 Å². The Kier molecular flexibility index (Phi) is 7.04. The Morgan fingerprint density at radius 1 is 1.10 bits per heavy atom. The van der Waals surface area contributed by atoms with E-state index in [2.05, 4.69) is 10.5 Å². The molecule has 2 unspecified atom stereocenters. The number of nitrogens with one attached hydrogen (secondary N) is 1. The van der Waals surface area contributed by atoms with Crippen molar-refractivity contribution < 1.29 is 24.0 Å². The quantitative estimate of drug-likeness (QED) is 0.310. The third-order valence-corrected chi connectivity index (χ3v) is 8.71. The molecule has 2 aliphatic heterocycles. The molecule has 204 valence electrons. The zero-order valence-corrected chi connectivity index (χ0v) is 23.0. The number of carbonyl (C=O) groups is 2. The fourth-order valence-corrected chi connectivity index (χ4v) is 6.49. The van der Waals surface area contributed by atoms with E-state index in [4.69, 9.17) is 32.5 Å². The van der Waals surface area contributed by atoms with Gasteiger partial charge in [-0.05, 0) is 75.3 Å². The van der Waals surface area contributed by atoms with Crippen molar-refractivity contribution in [2.75, 3.05) is 5.32 Å². The van der Waals surface area contributed by atoms with Crippen molar-refractivity contribution >= 4 is 40.9 Å². The van der Waals surface area contributed by atoms with Gasteiger partial charge in [0.15, 0.2) is 0 Å². The van der Waals surface area contributed by atoms with E-state index >= 15 is 0 Å². The molecule has 3 heterocycles. The molecular weight excluding hydrogens is 541 g/mol. The maximum absolute atomic E-state index is 13.3. The van der Waals surface area contributed by atoms with Gasteiger partial charge in [0.05, 0.1) is 28.3 Å². The largest absolute Gasteiger partial charge is 0.478 e. The second-order valence-electron chi connectivity index (χ2n) is 10.7. The Bertz CT molecular complexity index is 1400. The molecule has 3 aliphatic rings. The van der Waals surface area contributed by atoms with E-state index in [1.54, 1.807) is 24.3 Å². The minimum atomic E-state index is -1.03. The normalized spacial score (nSPS) is 22.2. The Morgan fingerprint density at radius 2 is 1.79 bits per heavy atom. The number of urea groups is 1. The highest BCUT2D eigenvalue weighted by molar-refractivity contribution is 6.39. The first-order chi connectivity index (χ1) is 18.8. The number of nitrogens with zero attached hydrogens (tertiary/aromatic N) is 2. The first kappa shape index (κ1) is 26.2. The minimum absolute atomic E-state index is 0.0138. The first-order valence-electron chi connectivity index (χ1n) is 13.3. The van der Waals surface area contributed by atoms with E-state index in [0.717, 1.165) is 55.4 Å². The fourth-order valence-electron chi connectivity index (χ4n) is 5.91. The molecule has 10 heteroatoms. The summed E-state index contributed by atoms with van der Waals surface area (Å²) in [6, 6.07) is 10.0. The van der Waals surface area contributed by atoms with Crippen LogP contribution in [0.2, 0.25) is 10.0 Å². The second kappa shape index (κ2) is 10.5. The van der Waals surface area contributed by atoms with E-state index in [1.165, 1.54) is 12.1 Å². The lowest BCUT2D eigenvalue weighted by molar-refractivity contribution is -0.0158. The van der Waals surface area contributed by atoms with Crippen LogP contribution in [0.5, 0.6) is 0 Å². The Labute approximate surface area is 236 Å². The van der Waals surface area contributed by atoms with Gasteiger partial charge in [-0.25, -0.2) is 9.59 Å². The number of piperidine rings is 1. The number of amides is 2. The Morgan fingerprint density at radius 3 is 2.44 bits per heavy atom. The Balaban J connectivity index is 1.15. The molecule has 3 fully saturated rings. The molecule has 2 amide bonds. The molecule has 0 spiro atoms. The Hall–Kier alpha value is -3.07. The number of carboxylic acids is 1. The van der Waals surface area contributed by atoms with Gasteiger partial charge in [-0.1, -0.05) is 40.5 Å². The number of halogens is 2. The predicted octanol–water partition coefficient (Wildman–Crippen LogP) is 7.28. The highest BCUT2D eigenvalue weighted by Gasteiger charge is 2.44. The van der Waals surface area contributed by atoms with Crippen molar-refractivity contribution in [3.8, 4) is 11.3 Å². The highest BCUT2D eigenvalue weighted by Crippen LogP contribution is 2.46. The number of hydrogen-bond acceptors (Lipinski definition) is 5. The van der Waals surface area contributed by atoms with E-state index in [9.17, 15) is 14.7 Å². The van der Waals surface area contributed by atoms with E-state index in [-0.39, 0.29) is 29.8 Å². The molecule has 39 heavy (non-hydrogen) atoms. The maximum Gasteiger partial charge on any atom is 0.335 e. The van der Waals surface area contributed by atoms with Crippen LogP contribution in [0.25, 0.3) is 11.3 Å². The van der Waals surface area contributed by atoms with Crippen LogP contribution < -0.4 is 5.32 Å². The smallest absolute Gasteiger partial charge is 0.335 e. The summed E-state index contributed by atoms with van der Waals surface area (Å²) in [5.74, 6) is 0.164. The van der Waals surface area contributed by atoms with Gasteiger partial charge in [0.1, 0.15) is 11.5 Å². The number of aromatic carboxylic acids is 1. The molecule has 0 radical (unpaired) electrons. The van der Waals surface area contributed by atoms with Crippen LogP contribution in [0.15, 0.2) is 40.9 Å². The summed E-state index contributed by atoms with van der Waals surface area (Å²) >= 11 is 13.0. The van der Waals surface area contributed by atoms with Gasteiger partial charge in [-0.3, -0.25) is 0 Å². The van der Waals surface area contributed by atoms with Gasteiger partial charge in [0.2, 0.25) is 0 Å². The summed E-state index contributed by atoms with van der Waals surface area (Å²) in [5, 5.41) is 17.7. The zero-order chi connectivity index (χ0) is 27.3. The number of benzene rings is 2. The first-order valence-corrected chi connectivity index (χ1v) is 14.0. The number of rotatable bonds is 7. The highest BCUT2D eigenvalue weighted by atomic mass is 35.5. The lowest BCUT2D eigenvalue weighted by Gasteiger charge is -2.38. The zero-order valence-electron chi connectivity index (χ0n) is 21.5. The van der Waals surface area contributed by atoms with Crippen molar-refractivity contribution in [2.45, 2.75) is 76.2 Å². The number of anilines is 1. The fraction of sp³-hybridized carbons (Fsp3) is 0.414. The van der Waals surface area contributed by atoms with Gasteiger partial charge in [-0.2, -0.15) is 0 Å². The summed E-state index contributed by atoms with van der Waals surface area (Å²) in [5.41, 5.74) is 3.66. The summed E-state index contributed by atoms with van der Waals surface area (Å²) < 4.78 is 12.2. The van der Waals surface area contributed by atoms with Gasteiger partial charge < -0.3 is 24.6 Å². The van der Waals surface area contributed by atoms with E-state index in [1.807, 2.05) is 11.8 Å². The SMILES string of the molecule is Cc1ccc(C(=O)O)cc1NC(=O)N1C2CC[C@H]1CC(OCc1c(-c3c(Cl)cccc3Cl)noc1C1CC1)C2. The number of aromatic nitrogens is 1. The molecule has 2 N–H and O–H groups in total. The standard InChI is InChI=1S/C29H29Cl2N3O5/c1-15-5-6-17(28(35)36)11-24(15)32-29(37)34-18-9-10-19(34)13-20(12-18)38-14-21-26(33-39-27(21)16-7-8-16)25-22(30)3-2-4-23(25)31/h2-6,11,16,18-20H,7-10,12-14H2,1H3,(H,32,37)(H,35,36)/t18-,19?,20?/m0/s1. The maximum atomic E-state index is 13.3. The third-order valence-electron chi connectivity index (χ3n) is 8.08. The third kappa shape index (κ3) is 5.13. The molecule has 1 saturated carbocycles. The monoisotopic (exact) mass is 569 g/mol. The molecule has 1 aromatic heterocycles. The van der Waals surface area contributed by atoms with E-state index in [0.29, 0.717) is 39.5 Å². The van der Waals surface area contributed by atoms with E-state index < -0.39 is 5.97 Å². The summed E-state index contributed by atoms with van der Waals surface area (Å²) in [6.07, 6.45) is 5.38.